The van der Waals surface area contributed by atoms with Crippen LogP contribution in [0.15, 0.2) is 116 Å². The number of aromatic nitrogens is 4. The van der Waals surface area contributed by atoms with E-state index in [-0.39, 0.29) is 24.3 Å². The van der Waals surface area contributed by atoms with E-state index in [9.17, 15) is 5.11 Å². The predicted molar refractivity (Wildman–Crippen MR) is 340 cm³/mol. The molecule has 6 aliphatic heterocycles. The molecule has 0 amide bonds. The lowest BCUT2D eigenvalue weighted by Gasteiger charge is -2.52. The Morgan fingerprint density at radius 3 is 1.60 bits per heavy atom. The Hall–Kier alpha value is -5.48. The molecule has 13 rings (SSSR count). The van der Waals surface area contributed by atoms with Gasteiger partial charge in [-0.1, -0.05) is 74.7 Å². The summed E-state index contributed by atoms with van der Waals surface area (Å²) in [5.41, 5.74) is 6.34. The van der Waals surface area contributed by atoms with Crippen molar-refractivity contribution in [1.82, 2.24) is 30.0 Å². The number of hydrogen-bond donors (Lipinski definition) is 1. The molecule has 6 saturated heterocycles. The van der Waals surface area contributed by atoms with Crippen LogP contribution in [0.2, 0.25) is 0 Å². The van der Waals surface area contributed by atoms with Crippen LogP contribution < -0.4 is 18.9 Å². The smallest absolute Gasteiger partial charge is 0.242 e. The molecule has 9 heterocycles. The van der Waals surface area contributed by atoms with Gasteiger partial charge in [0.25, 0.3) is 0 Å². The van der Waals surface area contributed by atoms with Crippen molar-refractivity contribution >= 4 is 62.2 Å². The van der Waals surface area contributed by atoms with Crippen LogP contribution >= 0.6 is 23.5 Å². The van der Waals surface area contributed by atoms with Crippen LogP contribution in [-0.2, 0) is 11.3 Å². The Kier molecular flexibility index (Phi) is 21.1. The van der Waals surface area contributed by atoms with Crippen molar-refractivity contribution in [2.75, 3.05) is 76.6 Å². The van der Waals surface area contributed by atoms with Gasteiger partial charge in [0.05, 0.1) is 54.7 Å². The molecular weight excluding hydrogens is 1070 g/mol. The Labute approximate surface area is 500 Å². The number of nitrogens with zero attached hydrogens (tertiary/aromatic N) is 6. The minimum Gasteiger partial charge on any atom is -0.497 e. The van der Waals surface area contributed by atoms with Gasteiger partial charge in [0.15, 0.2) is 0 Å². The molecule has 440 valence electrons. The topological polar surface area (TPSA) is 124 Å². The number of rotatable bonds is 32. The summed E-state index contributed by atoms with van der Waals surface area (Å²) in [4.78, 5) is 15.1. The highest BCUT2D eigenvalue weighted by molar-refractivity contribution is 7.99. The number of aliphatic hydroxyl groups is 1. The Morgan fingerprint density at radius 2 is 1.12 bits per heavy atom. The zero-order valence-electron chi connectivity index (χ0n) is 49.0. The third-order valence-corrected chi connectivity index (χ3v) is 20.7. The summed E-state index contributed by atoms with van der Waals surface area (Å²) in [5.74, 6) is 10.00. The second kappa shape index (κ2) is 29.6. The minimum absolute atomic E-state index is 0.134. The molecular formula is C69H86N6O6S2. The molecule has 4 aromatic carbocycles. The molecule has 0 radical (unpaired) electrons. The van der Waals surface area contributed by atoms with E-state index in [2.05, 4.69) is 119 Å². The fraction of sp³-hybridized carbons (Fsp3) is 0.507. The molecule has 7 aromatic rings. The quantitative estimate of drug-likeness (QED) is 0.0402. The van der Waals surface area contributed by atoms with Crippen molar-refractivity contribution in [3.8, 4) is 23.3 Å². The molecule has 4 bridgehead atoms. The standard InChI is InChI=1S/C69H86N6O6S2/c1-4-48-17-19-49(20-18-48)47-79-36-12-6-8-14-38-83-40-30-53-46-75-34-28-51(53)42-65(75)67(57-26-32-71-63-24-22-55(78-3)44-61(57)63)81-69-59-16-10-9-15-58(59)68(72-73-69)80-66(56-25-31-70-62-23-21-54(77-2)43-60(56)62)64-41-50-27-33-74(64)45-52(50)29-39-82-37-13-7-5-11-35-76/h4,9-10,15-26,31-32,43-44,50-53,64-67,76H,1,5-8,11-14,27-30,33-42,45-47H2,2-3H3/t50-,51-,52-,53-,64+,65+,66-,67-/m0/s1. The summed E-state index contributed by atoms with van der Waals surface area (Å²) in [6.07, 6.45) is 21.4. The Morgan fingerprint density at radius 1 is 0.602 bits per heavy atom. The highest BCUT2D eigenvalue weighted by Crippen LogP contribution is 2.48. The van der Waals surface area contributed by atoms with Gasteiger partial charge in [0.1, 0.15) is 23.7 Å². The number of ether oxygens (including phenoxy) is 5. The number of unbranched alkanes of at least 4 members (excludes halogenated alkanes) is 6. The first-order valence-corrected chi connectivity index (χ1v) is 33.3. The highest BCUT2D eigenvalue weighted by Gasteiger charge is 2.47. The van der Waals surface area contributed by atoms with Gasteiger partial charge in [0.2, 0.25) is 11.8 Å². The van der Waals surface area contributed by atoms with Crippen molar-refractivity contribution in [3.63, 3.8) is 0 Å². The van der Waals surface area contributed by atoms with Crippen molar-refractivity contribution in [2.45, 2.75) is 121 Å². The Bertz CT molecular complexity index is 3210. The molecule has 3 aromatic heterocycles. The normalized spacial score (nSPS) is 22.7. The summed E-state index contributed by atoms with van der Waals surface area (Å²) in [6, 6.07) is 33.7. The maximum Gasteiger partial charge on any atom is 0.242 e. The second-order valence-corrected chi connectivity index (χ2v) is 26.0. The van der Waals surface area contributed by atoms with Crippen LogP contribution in [-0.4, -0.2) is 124 Å². The number of benzene rings is 4. The number of methoxy groups -OCH3 is 2. The van der Waals surface area contributed by atoms with Crippen molar-refractivity contribution < 1.29 is 28.8 Å². The minimum atomic E-state index is -0.343. The lowest BCUT2D eigenvalue weighted by Crippen LogP contribution is -2.56. The van der Waals surface area contributed by atoms with E-state index >= 15 is 0 Å². The Balaban J connectivity index is 0.790. The fourth-order valence-electron chi connectivity index (χ4n) is 13.9. The molecule has 83 heavy (non-hydrogen) atoms. The molecule has 6 fully saturated rings. The van der Waals surface area contributed by atoms with E-state index in [1.807, 2.05) is 36.7 Å². The molecule has 10 atom stereocenters. The van der Waals surface area contributed by atoms with E-state index in [1.54, 1.807) is 14.2 Å². The van der Waals surface area contributed by atoms with E-state index in [4.69, 9.17) is 43.8 Å². The highest BCUT2D eigenvalue weighted by atomic mass is 32.2. The first-order valence-electron chi connectivity index (χ1n) is 31.0. The lowest BCUT2D eigenvalue weighted by molar-refractivity contribution is -0.0502. The van der Waals surface area contributed by atoms with Crippen LogP contribution in [0, 0.1) is 23.7 Å². The lowest BCUT2D eigenvalue weighted by atomic mass is 9.72. The summed E-state index contributed by atoms with van der Waals surface area (Å²) in [7, 11) is 3.45. The van der Waals surface area contributed by atoms with Crippen LogP contribution in [0.25, 0.3) is 38.7 Å². The van der Waals surface area contributed by atoms with Crippen LogP contribution in [0.5, 0.6) is 23.3 Å². The van der Waals surface area contributed by atoms with Gasteiger partial charge >= 0.3 is 0 Å². The summed E-state index contributed by atoms with van der Waals surface area (Å²) >= 11 is 4.24. The van der Waals surface area contributed by atoms with Gasteiger partial charge in [-0.05, 0) is 196 Å². The van der Waals surface area contributed by atoms with Gasteiger partial charge in [-0.25, -0.2) is 0 Å². The third kappa shape index (κ3) is 14.6. The molecule has 0 aliphatic carbocycles. The van der Waals surface area contributed by atoms with E-state index in [0.717, 1.165) is 126 Å². The molecule has 6 aliphatic rings. The maximum absolute atomic E-state index is 9.19. The van der Waals surface area contributed by atoms with Gasteiger partial charge in [-0.3, -0.25) is 19.8 Å². The fourth-order valence-corrected chi connectivity index (χ4v) is 16.1. The summed E-state index contributed by atoms with van der Waals surface area (Å²) in [6.45, 7) is 9.89. The second-order valence-electron chi connectivity index (χ2n) is 23.6. The number of pyridine rings is 2. The number of aliphatic hydroxyl groups excluding tert-OH is 1. The van der Waals surface area contributed by atoms with Crippen LogP contribution in [0.4, 0.5) is 0 Å². The van der Waals surface area contributed by atoms with Crippen molar-refractivity contribution in [1.29, 1.82) is 0 Å². The zero-order valence-corrected chi connectivity index (χ0v) is 50.6. The predicted octanol–water partition coefficient (Wildman–Crippen LogP) is 14.6. The molecule has 1 N–H and O–H groups in total. The van der Waals surface area contributed by atoms with Crippen molar-refractivity contribution in [3.05, 3.63) is 138 Å². The number of fused-ring (bicyclic) bond motifs is 9. The zero-order chi connectivity index (χ0) is 56.7. The number of hydrogen-bond acceptors (Lipinski definition) is 14. The summed E-state index contributed by atoms with van der Waals surface area (Å²) < 4.78 is 32.6. The molecule has 12 nitrogen and oxygen atoms in total. The van der Waals surface area contributed by atoms with E-state index < -0.39 is 0 Å². The van der Waals surface area contributed by atoms with Crippen LogP contribution in [0.3, 0.4) is 0 Å². The number of thioether (sulfide) groups is 2. The summed E-state index contributed by atoms with van der Waals surface area (Å²) in [5, 5.41) is 23.1. The largest absolute Gasteiger partial charge is 0.497 e. The average Bonchev–Trinajstić information content (AvgIpc) is 3.02. The first kappa shape index (κ1) is 59.3. The molecule has 0 spiro atoms. The van der Waals surface area contributed by atoms with E-state index in [1.165, 1.54) is 86.4 Å². The first-order chi connectivity index (χ1) is 41.0. The van der Waals surface area contributed by atoms with Gasteiger partial charge in [-0.2, -0.15) is 23.5 Å². The molecule has 0 saturated carbocycles. The molecule has 2 unspecified atom stereocenters. The number of piperidine rings is 6. The van der Waals surface area contributed by atoms with Gasteiger partial charge < -0.3 is 28.8 Å². The van der Waals surface area contributed by atoms with Crippen molar-refractivity contribution in [2.24, 2.45) is 23.7 Å². The monoisotopic (exact) mass is 1160 g/mol. The maximum atomic E-state index is 9.19. The molecule has 14 heteroatoms. The van der Waals surface area contributed by atoms with E-state index in [0.29, 0.717) is 48.6 Å². The average molecular weight is 1160 g/mol. The third-order valence-electron chi connectivity index (χ3n) is 18.5. The van der Waals surface area contributed by atoms with Crippen LogP contribution in [0.1, 0.15) is 124 Å². The van der Waals surface area contributed by atoms with Gasteiger partial charge in [-0.15, -0.1) is 10.2 Å². The van der Waals surface area contributed by atoms with Gasteiger partial charge in [0, 0.05) is 60.6 Å². The SMILES string of the molecule is C=Cc1ccc(COCCCCCCSCC[C@H]2CN3CC[C@H]2C[C@@H]3[C@@H](Oc2nnc(O[C@@H](c3ccnc4ccc(OC)cc34)[C@H]3C[C@@H]4CCN3C[C@@H]4CCSCCCCCCO)c3ccccc23)c2ccnc3ccc(OC)cc23)cc1.